The van der Waals surface area contributed by atoms with E-state index < -0.39 is 0 Å². The Bertz CT molecular complexity index is 670. The maximum Gasteiger partial charge on any atom is 0.107 e. The van der Waals surface area contributed by atoms with Crippen LogP contribution in [0.5, 0.6) is 0 Å². The zero-order chi connectivity index (χ0) is 16.5. The molecule has 2 aliphatic rings. The molecule has 0 radical (unpaired) electrons. The smallest absolute Gasteiger partial charge is 0.107 e. The molecule has 1 aliphatic carbocycles. The second-order valence-electron chi connectivity index (χ2n) is 6.77. The number of thiophene rings is 1. The molecule has 2 aromatic heterocycles. The lowest BCUT2D eigenvalue weighted by molar-refractivity contribution is -0.116. The van der Waals surface area contributed by atoms with Gasteiger partial charge >= 0.3 is 0 Å². The molecule has 5 nitrogen and oxygen atoms in total. The first-order valence-corrected chi connectivity index (χ1v) is 9.57. The fraction of sp³-hybridized carbons (Fsp3) is 0.611. The van der Waals surface area contributed by atoms with E-state index in [9.17, 15) is 0 Å². The SMILES string of the molecule is CO[C@@H]1CC[C@@H]2OCCN(Cc3cn(C)nc3-c3cccs3)[C@H]2C1. The van der Waals surface area contributed by atoms with Gasteiger partial charge < -0.3 is 9.47 Å². The summed E-state index contributed by atoms with van der Waals surface area (Å²) >= 11 is 1.75. The third-order valence-electron chi connectivity index (χ3n) is 5.25. The lowest BCUT2D eigenvalue weighted by atomic mass is 9.87. The minimum Gasteiger partial charge on any atom is -0.381 e. The van der Waals surface area contributed by atoms with E-state index in [-0.39, 0.29) is 0 Å². The van der Waals surface area contributed by atoms with Crippen LogP contribution in [0.4, 0.5) is 0 Å². The quantitative estimate of drug-likeness (QED) is 0.853. The number of fused-ring (bicyclic) bond motifs is 1. The number of morpholine rings is 1. The van der Waals surface area contributed by atoms with Crippen molar-refractivity contribution in [3.63, 3.8) is 0 Å². The van der Waals surface area contributed by atoms with Gasteiger partial charge in [0.15, 0.2) is 0 Å². The molecule has 0 N–H and O–H groups in total. The first-order valence-electron chi connectivity index (χ1n) is 8.69. The van der Waals surface area contributed by atoms with Gasteiger partial charge in [0, 0.05) is 45.0 Å². The standard InChI is InChI=1S/C18H25N3O2S/c1-20-11-13(18(19-20)17-4-3-9-24-17)12-21-7-8-23-16-6-5-14(22-2)10-15(16)21/h3-4,9,11,14-16H,5-8,10,12H2,1-2H3/t14-,15+,16+/m1/s1. The van der Waals surface area contributed by atoms with E-state index in [1.165, 1.54) is 10.4 Å². The van der Waals surface area contributed by atoms with Gasteiger partial charge in [-0.15, -0.1) is 11.3 Å². The fourth-order valence-corrected chi connectivity index (χ4v) is 4.79. The molecule has 1 saturated heterocycles. The predicted octanol–water partition coefficient (Wildman–Crippen LogP) is 2.92. The van der Waals surface area contributed by atoms with E-state index in [1.54, 1.807) is 11.3 Å². The second-order valence-corrected chi connectivity index (χ2v) is 7.72. The number of nitrogens with zero attached hydrogens (tertiary/aromatic N) is 3. The topological polar surface area (TPSA) is 39.5 Å². The highest BCUT2D eigenvalue weighted by Crippen LogP contribution is 2.33. The monoisotopic (exact) mass is 347 g/mol. The summed E-state index contributed by atoms with van der Waals surface area (Å²) < 4.78 is 13.6. The highest BCUT2D eigenvalue weighted by molar-refractivity contribution is 7.13. The molecule has 130 valence electrons. The number of aryl methyl sites for hydroxylation is 1. The number of hydrogen-bond acceptors (Lipinski definition) is 5. The molecule has 0 spiro atoms. The van der Waals surface area contributed by atoms with E-state index in [0.717, 1.165) is 44.7 Å². The molecule has 0 aromatic carbocycles. The summed E-state index contributed by atoms with van der Waals surface area (Å²) in [5, 5.41) is 6.81. The molecule has 1 aliphatic heterocycles. The minimum absolute atomic E-state index is 0.354. The Balaban J connectivity index is 1.56. The van der Waals surface area contributed by atoms with Crippen LogP contribution >= 0.6 is 11.3 Å². The summed E-state index contributed by atoms with van der Waals surface area (Å²) in [4.78, 5) is 3.82. The molecule has 2 aromatic rings. The van der Waals surface area contributed by atoms with Crippen LogP contribution in [0.3, 0.4) is 0 Å². The van der Waals surface area contributed by atoms with E-state index in [4.69, 9.17) is 14.6 Å². The van der Waals surface area contributed by atoms with Gasteiger partial charge in [0.1, 0.15) is 5.69 Å². The number of methoxy groups -OCH3 is 1. The summed E-state index contributed by atoms with van der Waals surface area (Å²) in [5.41, 5.74) is 2.43. The summed E-state index contributed by atoms with van der Waals surface area (Å²) in [6.07, 6.45) is 6.16. The molecule has 6 heteroatoms. The van der Waals surface area contributed by atoms with Crippen LogP contribution in [0, 0.1) is 0 Å². The molecular weight excluding hydrogens is 322 g/mol. The summed E-state index contributed by atoms with van der Waals surface area (Å²) in [5.74, 6) is 0. The second kappa shape index (κ2) is 6.96. The Morgan fingerprint density at radius 1 is 1.42 bits per heavy atom. The number of hydrogen-bond donors (Lipinski definition) is 0. The summed E-state index contributed by atoms with van der Waals surface area (Å²) in [6, 6.07) is 4.70. The summed E-state index contributed by atoms with van der Waals surface area (Å²) in [7, 11) is 3.83. The molecule has 0 amide bonds. The van der Waals surface area contributed by atoms with Crippen LogP contribution in [-0.2, 0) is 23.1 Å². The Labute approximate surface area is 147 Å². The molecule has 3 atom stereocenters. The molecule has 0 unspecified atom stereocenters. The van der Waals surface area contributed by atoms with Crippen molar-refractivity contribution in [1.29, 1.82) is 0 Å². The Morgan fingerprint density at radius 3 is 3.12 bits per heavy atom. The van der Waals surface area contributed by atoms with Crippen molar-refractivity contribution in [3.05, 3.63) is 29.3 Å². The Hall–Kier alpha value is -1.21. The molecule has 2 fully saturated rings. The zero-order valence-corrected chi connectivity index (χ0v) is 15.2. The van der Waals surface area contributed by atoms with Crippen LogP contribution in [0.1, 0.15) is 24.8 Å². The normalized spacial score (nSPS) is 28.0. The van der Waals surface area contributed by atoms with Crippen molar-refractivity contribution >= 4 is 11.3 Å². The van der Waals surface area contributed by atoms with Crippen molar-refractivity contribution in [3.8, 4) is 10.6 Å². The van der Waals surface area contributed by atoms with Gasteiger partial charge in [-0.05, 0) is 30.7 Å². The maximum absolute atomic E-state index is 6.03. The Morgan fingerprint density at radius 2 is 2.33 bits per heavy atom. The lowest BCUT2D eigenvalue weighted by Gasteiger charge is -2.45. The molecule has 24 heavy (non-hydrogen) atoms. The highest BCUT2D eigenvalue weighted by Gasteiger charge is 2.38. The Kier molecular flexibility index (Phi) is 4.72. The average Bonchev–Trinajstić information content (AvgIpc) is 3.24. The van der Waals surface area contributed by atoms with Gasteiger partial charge in [-0.2, -0.15) is 5.10 Å². The van der Waals surface area contributed by atoms with Crippen molar-refractivity contribution in [2.75, 3.05) is 20.3 Å². The number of aromatic nitrogens is 2. The molecule has 1 saturated carbocycles. The molecular formula is C18H25N3O2S. The van der Waals surface area contributed by atoms with Crippen LogP contribution < -0.4 is 0 Å². The largest absolute Gasteiger partial charge is 0.381 e. The van der Waals surface area contributed by atoms with Gasteiger partial charge in [0.25, 0.3) is 0 Å². The van der Waals surface area contributed by atoms with Crippen molar-refractivity contribution in [2.24, 2.45) is 7.05 Å². The first kappa shape index (κ1) is 16.3. The highest BCUT2D eigenvalue weighted by atomic mass is 32.1. The molecule has 3 heterocycles. The molecule has 4 rings (SSSR count). The van der Waals surface area contributed by atoms with Gasteiger partial charge in [0.05, 0.1) is 23.7 Å². The van der Waals surface area contributed by atoms with Crippen LogP contribution in [-0.4, -0.2) is 53.2 Å². The lowest BCUT2D eigenvalue weighted by Crippen LogP contribution is -2.54. The molecule has 0 bridgehead atoms. The third-order valence-corrected chi connectivity index (χ3v) is 6.13. The predicted molar refractivity (Wildman–Crippen MR) is 95.1 cm³/mol. The van der Waals surface area contributed by atoms with E-state index >= 15 is 0 Å². The van der Waals surface area contributed by atoms with E-state index in [1.807, 2.05) is 18.8 Å². The first-order chi connectivity index (χ1) is 11.7. The summed E-state index contributed by atoms with van der Waals surface area (Å²) in [6.45, 7) is 2.74. The van der Waals surface area contributed by atoms with Crippen molar-refractivity contribution < 1.29 is 9.47 Å². The maximum atomic E-state index is 6.03. The average molecular weight is 347 g/mol. The van der Waals surface area contributed by atoms with Gasteiger partial charge in [-0.25, -0.2) is 0 Å². The zero-order valence-electron chi connectivity index (χ0n) is 14.4. The van der Waals surface area contributed by atoms with Crippen LogP contribution in [0.25, 0.3) is 10.6 Å². The number of ether oxygens (including phenoxy) is 2. The number of rotatable bonds is 4. The van der Waals surface area contributed by atoms with Gasteiger partial charge in [0.2, 0.25) is 0 Å². The van der Waals surface area contributed by atoms with E-state index in [0.29, 0.717) is 18.2 Å². The van der Waals surface area contributed by atoms with E-state index in [2.05, 4.69) is 28.6 Å². The van der Waals surface area contributed by atoms with Crippen molar-refractivity contribution in [1.82, 2.24) is 14.7 Å². The van der Waals surface area contributed by atoms with Gasteiger partial charge in [-0.3, -0.25) is 9.58 Å². The third kappa shape index (κ3) is 3.16. The fourth-order valence-electron chi connectivity index (χ4n) is 4.05. The van der Waals surface area contributed by atoms with Crippen molar-refractivity contribution in [2.45, 2.75) is 44.1 Å². The van der Waals surface area contributed by atoms with Crippen LogP contribution in [0.15, 0.2) is 23.7 Å². The minimum atomic E-state index is 0.354. The van der Waals surface area contributed by atoms with Gasteiger partial charge in [-0.1, -0.05) is 6.07 Å². The van der Waals surface area contributed by atoms with Crippen LogP contribution in [0.2, 0.25) is 0 Å².